The number of nitrogens with zero attached hydrogens (tertiary/aromatic N) is 2. The van der Waals surface area contributed by atoms with Gasteiger partial charge in [0.15, 0.2) is 0 Å². The average Bonchev–Trinajstić information content (AvgIpc) is 2.62. The minimum absolute atomic E-state index is 0.404. The molecule has 5 heteroatoms. The van der Waals surface area contributed by atoms with Gasteiger partial charge in [0.25, 0.3) is 0 Å². The van der Waals surface area contributed by atoms with Crippen molar-refractivity contribution >= 4 is 0 Å². The van der Waals surface area contributed by atoms with Crippen LogP contribution in [0.1, 0.15) is 0 Å². The molecule has 2 aromatic carbocycles. The van der Waals surface area contributed by atoms with Crippen LogP contribution in [0.25, 0.3) is 0 Å². The first-order chi connectivity index (χ1) is 11.4. The zero-order valence-electron chi connectivity index (χ0n) is 12.5. The lowest BCUT2D eigenvalue weighted by molar-refractivity contribution is 0.211. The van der Waals surface area contributed by atoms with Gasteiger partial charge in [0.1, 0.15) is 30.5 Å². The van der Waals surface area contributed by atoms with Crippen LogP contribution in [0.5, 0.6) is 23.1 Å². The van der Waals surface area contributed by atoms with Crippen molar-refractivity contribution in [3.05, 3.63) is 73.2 Å². The molecule has 3 rings (SSSR count). The Morgan fingerprint density at radius 3 is 2.13 bits per heavy atom. The molecule has 0 radical (unpaired) electrons. The quantitative estimate of drug-likeness (QED) is 0.623. The molecule has 0 spiro atoms. The van der Waals surface area contributed by atoms with Crippen LogP contribution in [0, 0.1) is 0 Å². The monoisotopic (exact) mass is 308 g/mol. The van der Waals surface area contributed by atoms with Crippen LogP contribution >= 0.6 is 0 Å². The average molecular weight is 308 g/mol. The summed E-state index contributed by atoms with van der Waals surface area (Å²) >= 11 is 0. The van der Waals surface area contributed by atoms with Crippen molar-refractivity contribution in [1.82, 2.24) is 9.97 Å². The summed E-state index contributed by atoms with van der Waals surface area (Å²) in [4.78, 5) is 7.94. The van der Waals surface area contributed by atoms with Crippen molar-refractivity contribution in [3.8, 4) is 23.1 Å². The Hall–Kier alpha value is -3.08. The molecular weight excluding hydrogens is 292 g/mol. The number of hydrogen-bond acceptors (Lipinski definition) is 5. The molecule has 0 bridgehead atoms. The van der Waals surface area contributed by atoms with Gasteiger partial charge in [0, 0.05) is 12.4 Å². The number of aromatic nitrogens is 2. The second-order valence-corrected chi connectivity index (χ2v) is 4.63. The van der Waals surface area contributed by atoms with E-state index in [9.17, 15) is 0 Å². The normalized spacial score (nSPS) is 10.1. The van der Waals surface area contributed by atoms with Crippen LogP contribution in [0.3, 0.4) is 0 Å². The van der Waals surface area contributed by atoms with Crippen LogP contribution in [0.4, 0.5) is 0 Å². The lowest BCUT2D eigenvalue weighted by atomic mass is 10.3. The first-order valence-corrected chi connectivity index (χ1v) is 7.25. The molecular formula is C18H16N2O3. The van der Waals surface area contributed by atoms with E-state index < -0.39 is 0 Å². The maximum Gasteiger partial charge on any atom is 0.232 e. The van der Waals surface area contributed by atoms with Crippen LogP contribution in [-0.4, -0.2) is 23.2 Å². The fourth-order valence-electron chi connectivity index (χ4n) is 1.89. The Balaban J connectivity index is 1.44. The van der Waals surface area contributed by atoms with Gasteiger partial charge in [-0.1, -0.05) is 18.2 Å². The van der Waals surface area contributed by atoms with Gasteiger partial charge >= 0.3 is 0 Å². The summed E-state index contributed by atoms with van der Waals surface area (Å²) in [6, 6.07) is 17.1. The first-order valence-electron chi connectivity index (χ1n) is 7.25. The fourth-order valence-corrected chi connectivity index (χ4v) is 1.89. The second-order valence-electron chi connectivity index (χ2n) is 4.63. The number of benzene rings is 2. The topological polar surface area (TPSA) is 53.5 Å². The van der Waals surface area contributed by atoms with Gasteiger partial charge in [-0.15, -0.1) is 0 Å². The molecule has 3 aromatic rings. The van der Waals surface area contributed by atoms with Gasteiger partial charge in [-0.05, 0) is 36.4 Å². The van der Waals surface area contributed by atoms with Gasteiger partial charge in [-0.2, -0.15) is 0 Å². The van der Waals surface area contributed by atoms with Crippen molar-refractivity contribution in [2.45, 2.75) is 0 Å². The van der Waals surface area contributed by atoms with E-state index in [-0.39, 0.29) is 0 Å². The third-order valence-corrected chi connectivity index (χ3v) is 2.94. The van der Waals surface area contributed by atoms with E-state index in [1.54, 1.807) is 18.6 Å². The molecule has 0 fully saturated rings. The number of rotatable bonds is 7. The molecule has 1 heterocycles. The van der Waals surface area contributed by atoms with Crippen LogP contribution in [0.2, 0.25) is 0 Å². The van der Waals surface area contributed by atoms with Gasteiger partial charge in [0.2, 0.25) is 5.88 Å². The predicted octanol–water partition coefficient (Wildman–Crippen LogP) is 3.73. The number of ether oxygens (including phenoxy) is 3. The third-order valence-electron chi connectivity index (χ3n) is 2.94. The maximum atomic E-state index is 5.72. The van der Waals surface area contributed by atoms with Crippen LogP contribution in [0.15, 0.2) is 73.2 Å². The molecule has 23 heavy (non-hydrogen) atoms. The Morgan fingerprint density at radius 2 is 1.39 bits per heavy atom. The molecule has 0 atom stereocenters. The van der Waals surface area contributed by atoms with E-state index in [1.165, 1.54) is 0 Å². The second kappa shape index (κ2) is 7.79. The summed E-state index contributed by atoms with van der Waals surface area (Å²) in [7, 11) is 0. The Bertz CT molecular complexity index is 703. The first kappa shape index (κ1) is 14.8. The maximum absolute atomic E-state index is 5.72. The van der Waals surface area contributed by atoms with E-state index in [0.29, 0.717) is 19.1 Å². The number of hydrogen-bond donors (Lipinski definition) is 0. The van der Waals surface area contributed by atoms with E-state index in [0.717, 1.165) is 17.2 Å². The molecule has 0 aliphatic carbocycles. The lowest BCUT2D eigenvalue weighted by Crippen LogP contribution is -2.09. The van der Waals surface area contributed by atoms with Gasteiger partial charge in [-0.25, -0.2) is 4.98 Å². The highest BCUT2D eigenvalue weighted by Crippen LogP contribution is 2.23. The molecule has 0 saturated heterocycles. The molecule has 1 aromatic heterocycles. The van der Waals surface area contributed by atoms with E-state index >= 15 is 0 Å². The highest BCUT2D eigenvalue weighted by Gasteiger charge is 1.99. The highest BCUT2D eigenvalue weighted by molar-refractivity contribution is 5.35. The van der Waals surface area contributed by atoms with Crippen molar-refractivity contribution in [2.24, 2.45) is 0 Å². The predicted molar refractivity (Wildman–Crippen MR) is 86.0 cm³/mol. The molecule has 0 N–H and O–H groups in total. The Labute approximate surface area is 134 Å². The molecule has 0 amide bonds. The highest BCUT2D eigenvalue weighted by atomic mass is 16.5. The minimum atomic E-state index is 0.404. The summed E-state index contributed by atoms with van der Waals surface area (Å²) < 4.78 is 16.7. The molecule has 0 saturated carbocycles. The van der Waals surface area contributed by atoms with Gasteiger partial charge in [0.05, 0.1) is 6.20 Å². The smallest absolute Gasteiger partial charge is 0.232 e. The van der Waals surface area contributed by atoms with Crippen molar-refractivity contribution in [2.75, 3.05) is 13.2 Å². The van der Waals surface area contributed by atoms with Crippen LogP contribution in [-0.2, 0) is 0 Å². The van der Waals surface area contributed by atoms with Crippen molar-refractivity contribution < 1.29 is 14.2 Å². The molecule has 0 aliphatic heterocycles. The standard InChI is InChI=1S/C18H16N2O3/c1-2-4-16(5-3-1)23-17-8-6-15(7-9-17)21-12-13-22-18-14-19-10-11-20-18/h1-11,14H,12-13H2. The summed E-state index contributed by atoms with van der Waals surface area (Å²) in [5, 5.41) is 0. The summed E-state index contributed by atoms with van der Waals surface area (Å²) in [5.74, 6) is 2.81. The zero-order chi connectivity index (χ0) is 15.7. The molecule has 5 nitrogen and oxygen atoms in total. The number of para-hydroxylation sites is 1. The Kier molecular flexibility index (Phi) is 5.03. The van der Waals surface area contributed by atoms with Crippen molar-refractivity contribution in [3.63, 3.8) is 0 Å². The summed E-state index contributed by atoms with van der Waals surface area (Å²) in [5.41, 5.74) is 0. The van der Waals surface area contributed by atoms with Gasteiger partial charge < -0.3 is 14.2 Å². The van der Waals surface area contributed by atoms with Crippen molar-refractivity contribution in [1.29, 1.82) is 0 Å². The molecule has 0 unspecified atom stereocenters. The molecule has 0 aliphatic rings. The van der Waals surface area contributed by atoms with E-state index in [4.69, 9.17) is 14.2 Å². The van der Waals surface area contributed by atoms with Gasteiger partial charge in [-0.3, -0.25) is 4.98 Å². The SMILES string of the molecule is c1ccc(Oc2ccc(OCCOc3cnccn3)cc2)cc1. The zero-order valence-corrected chi connectivity index (χ0v) is 12.5. The summed E-state index contributed by atoms with van der Waals surface area (Å²) in [6.07, 6.45) is 4.75. The van der Waals surface area contributed by atoms with Crippen LogP contribution < -0.4 is 14.2 Å². The lowest BCUT2D eigenvalue weighted by Gasteiger charge is -2.09. The Morgan fingerprint density at radius 1 is 0.696 bits per heavy atom. The third kappa shape index (κ3) is 4.71. The largest absolute Gasteiger partial charge is 0.490 e. The summed E-state index contributed by atoms with van der Waals surface area (Å²) in [6.45, 7) is 0.830. The van der Waals surface area contributed by atoms with E-state index in [2.05, 4.69) is 9.97 Å². The minimum Gasteiger partial charge on any atom is -0.490 e. The molecule has 116 valence electrons. The fraction of sp³-hybridized carbons (Fsp3) is 0.111. The van der Waals surface area contributed by atoms with E-state index in [1.807, 2.05) is 54.6 Å².